The summed E-state index contributed by atoms with van der Waals surface area (Å²) >= 11 is 0. The second-order valence-corrected chi connectivity index (χ2v) is 4.20. The summed E-state index contributed by atoms with van der Waals surface area (Å²) < 4.78 is 0. The van der Waals surface area contributed by atoms with Crippen molar-refractivity contribution < 1.29 is 9.59 Å². The van der Waals surface area contributed by atoms with E-state index in [0.29, 0.717) is 18.7 Å². The van der Waals surface area contributed by atoms with Crippen LogP contribution in [-0.4, -0.2) is 30.9 Å². The Morgan fingerprint density at radius 2 is 1.72 bits per heavy atom. The van der Waals surface area contributed by atoms with Crippen molar-refractivity contribution in [1.82, 2.24) is 10.6 Å². The third-order valence-corrected chi connectivity index (χ3v) is 2.44. The molecule has 0 aromatic heterocycles. The van der Waals surface area contributed by atoms with E-state index in [1.54, 1.807) is 19.1 Å². The van der Waals surface area contributed by atoms with Crippen molar-refractivity contribution in [3.63, 3.8) is 0 Å². The van der Waals surface area contributed by atoms with Crippen LogP contribution in [0.1, 0.15) is 22.8 Å². The molecular weight excluding hydrogens is 230 g/mol. The molecule has 0 saturated heterocycles. The number of amides is 2. The summed E-state index contributed by atoms with van der Waals surface area (Å²) in [5, 5.41) is 5.34. The van der Waals surface area contributed by atoms with Gasteiger partial charge in [-0.3, -0.25) is 9.59 Å². The van der Waals surface area contributed by atoms with Gasteiger partial charge in [0.2, 0.25) is 5.91 Å². The standard InChI is InChI=1S/C13H19N3O2/c1-9-3-5-11(6-4-9)13(18)16-8-7-15-12(17)10(2)14/h3-6,10H,7-8,14H2,1-2H3,(H,15,17)(H,16,18)/t10-/m1/s1. The summed E-state index contributed by atoms with van der Waals surface area (Å²) in [5.74, 6) is -0.371. The predicted octanol–water partition coefficient (Wildman–Crippen LogP) is 0.188. The molecule has 4 N–H and O–H groups in total. The highest BCUT2D eigenvalue weighted by atomic mass is 16.2. The van der Waals surface area contributed by atoms with E-state index in [1.165, 1.54) is 0 Å². The summed E-state index contributed by atoms with van der Waals surface area (Å²) in [6.07, 6.45) is 0. The van der Waals surface area contributed by atoms with Gasteiger partial charge in [-0.25, -0.2) is 0 Å². The van der Waals surface area contributed by atoms with Crippen LogP contribution < -0.4 is 16.4 Å². The zero-order valence-corrected chi connectivity index (χ0v) is 10.7. The second-order valence-electron chi connectivity index (χ2n) is 4.20. The van der Waals surface area contributed by atoms with E-state index < -0.39 is 6.04 Å². The third-order valence-electron chi connectivity index (χ3n) is 2.44. The summed E-state index contributed by atoms with van der Waals surface area (Å²) in [5.41, 5.74) is 7.10. The van der Waals surface area contributed by atoms with Crippen molar-refractivity contribution in [2.45, 2.75) is 19.9 Å². The van der Waals surface area contributed by atoms with Gasteiger partial charge in [-0.05, 0) is 26.0 Å². The second kappa shape index (κ2) is 6.76. The van der Waals surface area contributed by atoms with Crippen molar-refractivity contribution in [3.05, 3.63) is 35.4 Å². The minimum Gasteiger partial charge on any atom is -0.353 e. The Kier molecular flexibility index (Phi) is 5.32. The van der Waals surface area contributed by atoms with Crippen LogP contribution in [0, 0.1) is 6.92 Å². The Labute approximate surface area is 107 Å². The smallest absolute Gasteiger partial charge is 0.251 e. The Hall–Kier alpha value is -1.88. The highest BCUT2D eigenvalue weighted by Crippen LogP contribution is 2.02. The van der Waals surface area contributed by atoms with Gasteiger partial charge in [-0.1, -0.05) is 17.7 Å². The van der Waals surface area contributed by atoms with E-state index in [1.807, 2.05) is 19.1 Å². The molecule has 98 valence electrons. The van der Waals surface area contributed by atoms with Crippen LogP contribution in [-0.2, 0) is 4.79 Å². The number of carbonyl (C=O) groups is 2. The number of aryl methyl sites for hydroxylation is 1. The molecule has 0 saturated carbocycles. The lowest BCUT2D eigenvalue weighted by molar-refractivity contribution is -0.121. The van der Waals surface area contributed by atoms with Crippen molar-refractivity contribution in [3.8, 4) is 0 Å². The summed E-state index contributed by atoms with van der Waals surface area (Å²) in [6, 6.07) is 6.77. The van der Waals surface area contributed by atoms with E-state index in [4.69, 9.17) is 5.73 Å². The number of nitrogens with two attached hydrogens (primary N) is 1. The lowest BCUT2D eigenvalue weighted by Gasteiger charge is -2.08. The molecule has 5 nitrogen and oxygen atoms in total. The highest BCUT2D eigenvalue weighted by Gasteiger charge is 2.07. The van der Waals surface area contributed by atoms with Gasteiger partial charge in [-0.15, -0.1) is 0 Å². The number of benzene rings is 1. The van der Waals surface area contributed by atoms with Crippen LogP contribution in [0.25, 0.3) is 0 Å². The first-order valence-corrected chi connectivity index (χ1v) is 5.89. The third kappa shape index (κ3) is 4.55. The quantitative estimate of drug-likeness (QED) is 0.651. The van der Waals surface area contributed by atoms with Gasteiger partial charge in [0.25, 0.3) is 5.91 Å². The van der Waals surface area contributed by atoms with Crippen LogP contribution in [0.15, 0.2) is 24.3 Å². The molecule has 0 heterocycles. The predicted molar refractivity (Wildman–Crippen MR) is 70.2 cm³/mol. The van der Waals surface area contributed by atoms with Crippen LogP contribution in [0.5, 0.6) is 0 Å². The maximum absolute atomic E-state index is 11.7. The lowest BCUT2D eigenvalue weighted by Crippen LogP contribution is -2.42. The number of nitrogens with one attached hydrogen (secondary N) is 2. The summed E-state index contributed by atoms with van der Waals surface area (Å²) in [4.78, 5) is 22.8. The largest absolute Gasteiger partial charge is 0.353 e. The molecule has 1 atom stereocenters. The van der Waals surface area contributed by atoms with Gasteiger partial charge in [0.1, 0.15) is 0 Å². The lowest BCUT2D eigenvalue weighted by atomic mass is 10.1. The Bertz CT molecular complexity index is 413. The van der Waals surface area contributed by atoms with Gasteiger partial charge in [0.15, 0.2) is 0 Å². The van der Waals surface area contributed by atoms with Crippen LogP contribution in [0.2, 0.25) is 0 Å². The molecule has 0 unspecified atom stereocenters. The molecule has 0 spiro atoms. The fourth-order valence-electron chi connectivity index (χ4n) is 1.33. The van der Waals surface area contributed by atoms with Crippen LogP contribution in [0.3, 0.4) is 0 Å². The molecule has 1 aromatic carbocycles. The van der Waals surface area contributed by atoms with E-state index in [2.05, 4.69) is 10.6 Å². The zero-order valence-electron chi connectivity index (χ0n) is 10.7. The van der Waals surface area contributed by atoms with Crippen molar-refractivity contribution in [2.24, 2.45) is 5.73 Å². The van der Waals surface area contributed by atoms with E-state index >= 15 is 0 Å². The number of hydrogen-bond acceptors (Lipinski definition) is 3. The Morgan fingerprint density at radius 3 is 2.28 bits per heavy atom. The first-order valence-electron chi connectivity index (χ1n) is 5.89. The molecule has 1 rings (SSSR count). The van der Waals surface area contributed by atoms with E-state index in [0.717, 1.165) is 5.56 Å². The van der Waals surface area contributed by atoms with E-state index in [-0.39, 0.29) is 11.8 Å². The number of hydrogen-bond donors (Lipinski definition) is 3. The van der Waals surface area contributed by atoms with Gasteiger partial charge >= 0.3 is 0 Å². The number of carbonyl (C=O) groups excluding carboxylic acids is 2. The van der Waals surface area contributed by atoms with Crippen molar-refractivity contribution >= 4 is 11.8 Å². The molecule has 0 aliphatic heterocycles. The van der Waals surface area contributed by atoms with Gasteiger partial charge in [0.05, 0.1) is 6.04 Å². The topological polar surface area (TPSA) is 84.2 Å². The van der Waals surface area contributed by atoms with Crippen molar-refractivity contribution in [2.75, 3.05) is 13.1 Å². The van der Waals surface area contributed by atoms with Crippen molar-refractivity contribution in [1.29, 1.82) is 0 Å². The SMILES string of the molecule is Cc1ccc(C(=O)NCCNC(=O)[C@@H](C)N)cc1. The highest BCUT2D eigenvalue weighted by molar-refractivity contribution is 5.94. The molecule has 0 bridgehead atoms. The molecular formula is C13H19N3O2. The molecule has 0 fully saturated rings. The normalized spacial score (nSPS) is 11.7. The summed E-state index contributed by atoms with van der Waals surface area (Å²) in [7, 11) is 0. The molecule has 0 aliphatic rings. The van der Waals surface area contributed by atoms with Gasteiger partial charge < -0.3 is 16.4 Å². The van der Waals surface area contributed by atoms with Gasteiger partial charge in [0, 0.05) is 18.7 Å². The molecule has 5 heteroatoms. The first-order chi connectivity index (χ1) is 8.50. The average molecular weight is 249 g/mol. The van der Waals surface area contributed by atoms with E-state index in [9.17, 15) is 9.59 Å². The van der Waals surface area contributed by atoms with Crippen LogP contribution in [0.4, 0.5) is 0 Å². The zero-order chi connectivity index (χ0) is 13.5. The summed E-state index contributed by atoms with van der Waals surface area (Å²) in [6.45, 7) is 4.33. The molecule has 2 amide bonds. The molecule has 0 aliphatic carbocycles. The Morgan fingerprint density at radius 1 is 1.17 bits per heavy atom. The minimum absolute atomic E-state index is 0.148. The molecule has 0 radical (unpaired) electrons. The minimum atomic E-state index is -0.530. The monoisotopic (exact) mass is 249 g/mol. The average Bonchev–Trinajstić information content (AvgIpc) is 2.34. The molecule has 18 heavy (non-hydrogen) atoms. The van der Waals surface area contributed by atoms with Gasteiger partial charge in [-0.2, -0.15) is 0 Å². The Balaban J connectivity index is 2.29. The fraction of sp³-hybridized carbons (Fsp3) is 0.385. The molecule has 1 aromatic rings. The first kappa shape index (κ1) is 14.2. The van der Waals surface area contributed by atoms with Crippen LogP contribution >= 0.6 is 0 Å². The fourth-order valence-corrected chi connectivity index (χ4v) is 1.33. The maximum atomic E-state index is 11.7. The number of rotatable bonds is 5. The maximum Gasteiger partial charge on any atom is 0.251 e.